The molecule has 1 aromatic heterocycles. The molecule has 92 valence electrons. The maximum Gasteiger partial charge on any atom is 0.329 e. The maximum absolute atomic E-state index is 10.5. The minimum absolute atomic E-state index is 0.148. The van der Waals surface area contributed by atoms with Crippen LogP contribution in [0.5, 0.6) is 0 Å². The number of aromatic nitrogens is 2. The molecule has 0 saturated carbocycles. The zero-order valence-corrected chi connectivity index (χ0v) is 9.41. The van der Waals surface area contributed by atoms with Gasteiger partial charge in [0.25, 0.3) is 0 Å². The molecule has 7 heteroatoms. The summed E-state index contributed by atoms with van der Waals surface area (Å²) >= 11 is 0. The summed E-state index contributed by atoms with van der Waals surface area (Å²) in [6.45, 7) is 0.526. The fourth-order valence-corrected chi connectivity index (χ4v) is 1.39. The number of benzene rings is 1. The summed E-state index contributed by atoms with van der Waals surface area (Å²) in [5, 5.41) is 13.5. The minimum Gasteiger partial charge on any atom is -0.378 e. The van der Waals surface area contributed by atoms with Crippen molar-refractivity contribution in [2.24, 2.45) is 0 Å². The Balaban J connectivity index is 2.07. The lowest BCUT2D eigenvalue weighted by Gasteiger charge is -2.05. The normalized spacial score (nSPS) is 10.0. The highest BCUT2D eigenvalue weighted by Crippen LogP contribution is 2.18. The van der Waals surface area contributed by atoms with Crippen LogP contribution in [0.4, 0.5) is 17.5 Å². The lowest BCUT2D eigenvalue weighted by atomic mass is 10.2. The van der Waals surface area contributed by atoms with Crippen LogP contribution in [-0.4, -0.2) is 14.9 Å². The predicted octanol–water partition coefficient (Wildman–Crippen LogP) is 1.58. The van der Waals surface area contributed by atoms with Gasteiger partial charge in [0.15, 0.2) is 0 Å². The van der Waals surface area contributed by atoms with E-state index in [0.717, 1.165) is 11.8 Å². The monoisotopic (exact) mass is 245 g/mol. The molecule has 0 aliphatic rings. The van der Waals surface area contributed by atoms with Gasteiger partial charge in [-0.15, -0.1) is 0 Å². The molecule has 0 aliphatic heterocycles. The number of nitrogens with two attached hydrogens (primary N) is 1. The topological polar surface area (TPSA) is 107 Å². The Morgan fingerprint density at radius 1 is 1.33 bits per heavy atom. The van der Waals surface area contributed by atoms with Crippen LogP contribution in [0.3, 0.4) is 0 Å². The van der Waals surface area contributed by atoms with Gasteiger partial charge < -0.3 is 11.1 Å². The Hall–Kier alpha value is -2.70. The van der Waals surface area contributed by atoms with Gasteiger partial charge in [-0.05, 0) is 5.56 Å². The molecule has 7 nitrogen and oxygen atoms in total. The van der Waals surface area contributed by atoms with Gasteiger partial charge in [-0.3, -0.25) is 10.1 Å². The van der Waals surface area contributed by atoms with E-state index in [4.69, 9.17) is 5.73 Å². The molecule has 0 spiro atoms. The molecule has 3 N–H and O–H groups in total. The van der Waals surface area contributed by atoms with Gasteiger partial charge in [0.05, 0.1) is 4.92 Å². The van der Waals surface area contributed by atoms with Crippen LogP contribution < -0.4 is 11.1 Å². The Labute approximate surface area is 103 Å². The first-order chi connectivity index (χ1) is 8.66. The van der Waals surface area contributed by atoms with Crippen LogP contribution in [0, 0.1) is 10.1 Å². The molecule has 0 bridgehead atoms. The standard InChI is InChI=1S/C11H11N5O2/c12-10-9(16(17)18)7-14-11(15-10)13-6-8-4-2-1-3-5-8/h1-5,7H,6H2,(H3,12,13,14,15). The smallest absolute Gasteiger partial charge is 0.329 e. The average Bonchev–Trinajstić information content (AvgIpc) is 2.37. The van der Waals surface area contributed by atoms with Crippen molar-refractivity contribution in [2.75, 3.05) is 11.1 Å². The number of hydrogen-bond acceptors (Lipinski definition) is 6. The van der Waals surface area contributed by atoms with Crippen molar-refractivity contribution >= 4 is 17.5 Å². The molecule has 0 radical (unpaired) electrons. The molecular weight excluding hydrogens is 234 g/mol. The molecule has 0 atom stereocenters. The SMILES string of the molecule is Nc1nc(NCc2ccccc2)ncc1[N+](=O)[O-]. The van der Waals surface area contributed by atoms with E-state index >= 15 is 0 Å². The Morgan fingerprint density at radius 3 is 2.67 bits per heavy atom. The van der Waals surface area contributed by atoms with Crippen LogP contribution in [0.1, 0.15) is 5.56 Å². The molecule has 2 rings (SSSR count). The van der Waals surface area contributed by atoms with E-state index in [0.29, 0.717) is 6.54 Å². The molecular formula is C11H11N5O2. The number of hydrogen-bond donors (Lipinski definition) is 2. The number of nitrogen functional groups attached to an aromatic ring is 1. The predicted molar refractivity (Wildman–Crippen MR) is 66.9 cm³/mol. The van der Waals surface area contributed by atoms with Gasteiger partial charge in [0.1, 0.15) is 6.20 Å². The second-order valence-corrected chi connectivity index (χ2v) is 3.56. The van der Waals surface area contributed by atoms with Gasteiger partial charge in [-0.1, -0.05) is 30.3 Å². The fourth-order valence-electron chi connectivity index (χ4n) is 1.39. The van der Waals surface area contributed by atoms with Crippen LogP contribution >= 0.6 is 0 Å². The third kappa shape index (κ3) is 2.70. The van der Waals surface area contributed by atoms with Gasteiger partial charge in [-0.2, -0.15) is 4.98 Å². The van der Waals surface area contributed by atoms with Crippen LogP contribution in [0.25, 0.3) is 0 Å². The number of nitrogens with one attached hydrogen (secondary N) is 1. The summed E-state index contributed by atoms with van der Waals surface area (Å²) in [6.07, 6.45) is 1.09. The third-order valence-electron chi connectivity index (χ3n) is 2.29. The Kier molecular flexibility index (Phi) is 3.33. The van der Waals surface area contributed by atoms with Crippen molar-refractivity contribution in [3.63, 3.8) is 0 Å². The van der Waals surface area contributed by atoms with E-state index in [-0.39, 0.29) is 17.5 Å². The van der Waals surface area contributed by atoms with Crippen LogP contribution in [0.2, 0.25) is 0 Å². The van der Waals surface area contributed by atoms with E-state index < -0.39 is 4.92 Å². The zero-order chi connectivity index (χ0) is 13.0. The summed E-state index contributed by atoms with van der Waals surface area (Å²) in [5.74, 6) is 0.118. The van der Waals surface area contributed by atoms with Crippen molar-refractivity contribution < 1.29 is 4.92 Å². The number of rotatable bonds is 4. The van der Waals surface area contributed by atoms with E-state index in [1.54, 1.807) is 0 Å². The first-order valence-corrected chi connectivity index (χ1v) is 5.21. The summed E-state index contributed by atoms with van der Waals surface area (Å²) in [6, 6.07) is 9.65. The molecule has 0 saturated heterocycles. The number of nitrogens with zero attached hydrogens (tertiary/aromatic N) is 3. The van der Waals surface area contributed by atoms with Gasteiger partial charge in [0, 0.05) is 6.54 Å². The van der Waals surface area contributed by atoms with E-state index in [1.807, 2.05) is 30.3 Å². The summed E-state index contributed by atoms with van der Waals surface area (Å²) < 4.78 is 0. The van der Waals surface area contributed by atoms with Crippen molar-refractivity contribution in [2.45, 2.75) is 6.54 Å². The maximum atomic E-state index is 10.5. The van der Waals surface area contributed by atoms with Crippen molar-refractivity contribution in [3.8, 4) is 0 Å². The molecule has 0 aliphatic carbocycles. The highest BCUT2D eigenvalue weighted by atomic mass is 16.6. The van der Waals surface area contributed by atoms with E-state index in [1.165, 1.54) is 0 Å². The minimum atomic E-state index is -0.615. The summed E-state index contributed by atoms with van der Waals surface area (Å²) in [4.78, 5) is 17.6. The Bertz CT molecular complexity index is 559. The van der Waals surface area contributed by atoms with Crippen molar-refractivity contribution in [1.82, 2.24) is 9.97 Å². The number of anilines is 2. The molecule has 18 heavy (non-hydrogen) atoms. The largest absolute Gasteiger partial charge is 0.378 e. The zero-order valence-electron chi connectivity index (χ0n) is 9.41. The van der Waals surface area contributed by atoms with Crippen molar-refractivity contribution in [1.29, 1.82) is 0 Å². The number of nitro groups is 1. The van der Waals surface area contributed by atoms with Crippen molar-refractivity contribution in [3.05, 3.63) is 52.2 Å². The molecule has 0 fully saturated rings. The quantitative estimate of drug-likeness (QED) is 0.625. The molecule has 1 aromatic carbocycles. The second kappa shape index (κ2) is 5.09. The molecule has 1 heterocycles. The van der Waals surface area contributed by atoms with Gasteiger partial charge in [0.2, 0.25) is 11.8 Å². The first-order valence-electron chi connectivity index (χ1n) is 5.21. The highest BCUT2D eigenvalue weighted by Gasteiger charge is 2.13. The van der Waals surface area contributed by atoms with Crippen LogP contribution in [0.15, 0.2) is 36.5 Å². The van der Waals surface area contributed by atoms with Gasteiger partial charge in [-0.25, -0.2) is 4.98 Å². The molecule has 2 aromatic rings. The third-order valence-corrected chi connectivity index (χ3v) is 2.29. The summed E-state index contributed by atoms with van der Waals surface area (Å²) in [5.41, 5.74) is 6.22. The lowest BCUT2D eigenvalue weighted by Crippen LogP contribution is -2.06. The highest BCUT2D eigenvalue weighted by molar-refractivity contribution is 5.53. The Morgan fingerprint density at radius 2 is 2.06 bits per heavy atom. The van der Waals surface area contributed by atoms with E-state index in [2.05, 4.69) is 15.3 Å². The lowest BCUT2D eigenvalue weighted by molar-refractivity contribution is -0.384. The fraction of sp³-hybridized carbons (Fsp3) is 0.0909. The second-order valence-electron chi connectivity index (χ2n) is 3.56. The summed E-state index contributed by atoms with van der Waals surface area (Å²) in [7, 11) is 0. The van der Waals surface area contributed by atoms with Crippen LogP contribution in [-0.2, 0) is 6.54 Å². The molecule has 0 amide bonds. The molecule has 0 unspecified atom stereocenters. The van der Waals surface area contributed by atoms with Gasteiger partial charge >= 0.3 is 5.69 Å². The van der Waals surface area contributed by atoms with E-state index in [9.17, 15) is 10.1 Å². The first kappa shape index (κ1) is 11.8. The average molecular weight is 245 g/mol.